The summed E-state index contributed by atoms with van der Waals surface area (Å²) in [7, 11) is 0. The Morgan fingerprint density at radius 2 is 1.89 bits per heavy atom. The minimum absolute atomic E-state index is 0.109. The first-order valence-electron chi connectivity index (χ1n) is 6.09. The lowest BCUT2D eigenvalue weighted by Crippen LogP contribution is -2.12. The number of benzene rings is 1. The molecule has 3 nitrogen and oxygen atoms in total. The molecule has 1 rings (SSSR count). The molecule has 3 N–H and O–H groups in total. The van der Waals surface area contributed by atoms with Gasteiger partial charge in [-0.25, -0.2) is 8.78 Å². The number of halogens is 2. The molecule has 0 saturated carbocycles. The van der Waals surface area contributed by atoms with Crippen molar-refractivity contribution in [3.63, 3.8) is 0 Å². The molecule has 1 amide bonds. The average molecular weight is 256 g/mol. The van der Waals surface area contributed by atoms with E-state index in [2.05, 4.69) is 5.32 Å². The number of rotatable bonds is 7. The van der Waals surface area contributed by atoms with E-state index in [1.54, 1.807) is 0 Å². The van der Waals surface area contributed by atoms with Crippen molar-refractivity contribution in [1.82, 2.24) is 0 Å². The largest absolute Gasteiger partial charge is 0.330 e. The fourth-order valence-corrected chi connectivity index (χ4v) is 1.60. The van der Waals surface area contributed by atoms with E-state index in [0.29, 0.717) is 13.0 Å². The number of nitrogens with two attached hydrogens (primary N) is 1. The molecular weight excluding hydrogens is 238 g/mol. The summed E-state index contributed by atoms with van der Waals surface area (Å²) in [5, 5.41) is 2.36. The summed E-state index contributed by atoms with van der Waals surface area (Å²) in [5.74, 6) is -2.28. The first-order chi connectivity index (χ1) is 8.65. The summed E-state index contributed by atoms with van der Waals surface area (Å²) in [6.45, 7) is 0.653. The van der Waals surface area contributed by atoms with Crippen LogP contribution in [0.3, 0.4) is 0 Å². The van der Waals surface area contributed by atoms with Crippen molar-refractivity contribution < 1.29 is 13.6 Å². The highest BCUT2D eigenvalue weighted by molar-refractivity contribution is 5.90. The van der Waals surface area contributed by atoms with E-state index in [9.17, 15) is 13.6 Å². The van der Waals surface area contributed by atoms with Gasteiger partial charge in [0.25, 0.3) is 0 Å². The number of amides is 1. The quantitative estimate of drug-likeness (QED) is 0.737. The van der Waals surface area contributed by atoms with E-state index in [0.717, 1.165) is 31.7 Å². The van der Waals surface area contributed by atoms with Crippen LogP contribution in [-0.4, -0.2) is 12.5 Å². The highest BCUT2D eigenvalue weighted by Crippen LogP contribution is 2.17. The van der Waals surface area contributed by atoms with Gasteiger partial charge in [-0.2, -0.15) is 0 Å². The predicted molar refractivity (Wildman–Crippen MR) is 67.1 cm³/mol. The molecule has 0 heterocycles. The molecule has 1 aromatic rings. The molecular formula is C13H18F2N2O. The topological polar surface area (TPSA) is 55.1 Å². The van der Waals surface area contributed by atoms with Crippen molar-refractivity contribution in [3.8, 4) is 0 Å². The van der Waals surface area contributed by atoms with Crippen LogP contribution in [0.25, 0.3) is 0 Å². The van der Waals surface area contributed by atoms with Crippen LogP contribution in [0.1, 0.15) is 32.1 Å². The summed E-state index contributed by atoms with van der Waals surface area (Å²) in [6.07, 6.45) is 3.87. The van der Waals surface area contributed by atoms with E-state index in [1.807, 2.05) is 0 Å². The predicted octanol–water partition coefficient (Wildman–Crippen LogP) is 2.81. The van der Waals surface area contributed by atoms with Gasteiger partial charge in [-0.15, -0.1) is 0 Å². The standard InChI is InChI=1S/C13H18F2N2O/c14-10-6-5-7-11(13(10)15)17-12(18)8-3-1-2-4-9-16/h5-7H,1-4,8-9,16H2,(H,17,18). The maximum Gasteiger partial charge on any atom is 0.224 e. The molecule has 0 spiro atoms. The third kappa shape index (κ3) is 4.79. The Labute approximate surface area is 105 Å². The van der Waals surface area contributed by atoms with Gasteiger partial charge >= 0.3 is 0 Å². The highest BCUT2D eigenvalue weighted by atomic mass is 19.2. The van der Waals surface area contributed by atoms with Crippen LogP contribution in [0.5, 0.6) is 0 Å². The van der Waals surface area contributed by atoms with Crippen LogP contribution in [0.2, 0.25) is 0 Å². The fourth-order valence-electron chi connectivity index (χ4n) is 1.60. The molecule has 0 atom stereocenters. The zero-order valence-corrected chi connectivity index (χ0v) is 10.2. The van der Waals surface area contributed by atoms with E-state index in [1.165, 1.54) is 12.1 Å². The second-order valence-corrected chi connectivity index (χ2v) is 4.10. The van der Waals surface area contributed by atoms with Crippen molar-refractivity contribution in [2.45, 2.75) is 32.1 Å². The lowest BCUT2D eigenvalue weighted by molar-refractivity contribution is -0.116. The summed E-state index contributed by atoms with van der Waals surface area (Å²) in [5.41, 5.74) is 5.24. The first-order valence-corrected chi connectivity index (χ1v) is 6.09. The summed E-state index contributed by atoms with van der Waals surface area (Å²) < 4.78 is 26.1. The molecule has 0 aliphatic carbocycles. The van der Waals surface area contributed by atoms with Crippen molar-refractivity contribution in [1.29, 1.82) is 0 Å². The van der Waals surface area contributed by atoms with Crippen LogP contribution >= 0.6 is 0 Å². The molecule has 0 aromatic heterocycles. The smallest absolute Gasteiger partial charge is 0.224 e. The number of carbonyl (C=O) groups is 1. The molecule has 100 valence electrons. The van der Waals surface area contributed by atoms with E-state index < -0.39 is 11.6 Å². The zero-order valence-electron chi connectivity index (χ0n) is 10.2. The van der Waals surface area contributed by atoms with Gasteiger partial charge in [-0.1, -0.05) is 18.9 Å². The maximum atomic E-state index is 13.2. The minimum atomic E-state index is -1.02. The lowest BCUT2D eigenvalue weighted by atomic mass is 10.1. The molecule has 0 bridgehead atoms. The average Bonchev–Trinajstić information content (AvgIpc) is 2.35. The Bertz CT molecular complexity index is 397. The minimum Gasteiger partial charge on any atom is -0.330 e. The van der Waals surface area contributed by atoms with Gasteiger partial charge < -0.3 is 11.1 Å². The van der Waals surface area contributed by atoms with E-state index in [4.69, 9.17) is 5.73 Å². The Kier molecular flexibility index (Phi) is 6.28. The van der Waals surface area contributed by atoms with Crippen molar-refractivity contribution in [2.24, 2.45) is 5.73 Å². The second kappa shape index (κ2) is 7.76. The van der Waals surface area contributed by atoms with E-state index >= 15 is 0 Å². The Morgan fingerprint density at radius 3 is 2.61 bits per heavy atom. The number of unbranched alkanes of at least 4 members (excludes halogenated alkanes) is 3. The Morgan fingerprint density at radius 1 is 1.17 bits per heavy atom. The lowest BCUT2D eigenvalue weighted by Gasteiger charge is -2.06. The molecule has 0 radical (unpaired) electrons. The molecule has 18 heavy (non-hydrogen) atoms. The maximum absolute atomic E-state index is 13.2. The van der Waals surface area contributed by atoms with Gasteiger partial charge in [0.1, 0.15) is 0 Å². The molecule has 1 aromatic carbocycles. The third-order valence-electron chi connectivity index (χ3n) is 2.58. The first kappa shape index (κ1) is 14.6. The normalized spacial score (nSPS) is 10.4. The van der Waals surface area contributed by atoms with Crippen LogP contribution in [-0.2, 0) is 4.79 Å². The number of nitrogens with one attached hydrogen (secondary N) is 1. The monoisotopic (exact) mass is 256 g/mol. The van der Waals surface area contributed by atoms with Crippen LogP contribution in [0.4, 0.5) is 14.5 Å². The molecule has 0 saturated heterocycles. The number of hydrogen-bond acceptors (Lipinski definition) is 2. The van der Waals surface area contributed by atoms with Gasteiger partial charge in [-0.3, -0.25) is 4.79 Å². The summed E-state index contributed by atoms with van der Waals surface area (Å²) in [4.78, 5) is 11.5. The van der Waals surface area contributed by atoms with Crippen LogP contribution in [0, 0.1) is 11.6 Å². The fraction of sp³-hybridized carbons (Fsp3) is 0.462. The molecule has 0 aliphatic rings. The molecule has 0 aliphatic heterocycles. The van der Waals surface area contributed by atoms with E-state index in [-0.39, 0.29) is 11.6 Å². The van der Waals surface area contributed by atoms with Crippen molar-refractivity contribution in [2.75, 3.05) is 11.9 Å². The highest BCUT2D eigenvalue weighted by Gasteiger charge is 2.10. The SMILES string of the molecule is NCCCCCCC(=O)Nc1cccc(F)c1F. The van der Waals surface area contributed by atoms with Crippen molar-refractivity contribution in [3.05, 3.63) is 29.8 Å². The third-order valence-corrected chi connectivity index (χ3v) is 2.58. The van der Waals surface area contributed by atoms with Gasteiger partial charge in [0.15, 0.2) is 11.6 Å². The summed E-state index contributed by atoms with van der Waals surface area (Å²) >= 11 is 0. The second-order valence-electron chi connectivity index (χ2n) is 4.10. The number of carbonyl (C=O) groups excluding carboxylic acids is 1. The van der Waals surface area contributed by atoms with Crippen LogP contribution < -0.4 is 11.1 Å². The van der Waals surface area contributed by atoms with Crippen LogP contribution in [0.15, 0.2) is 18.2 Å². The summed E-state index contributed by atoms with van der Waals surface area (Å²) in [6, 6.07) is 3.71. The molecule has 0 fully saturated rings. The molecule has 5 heteroatoms. The Balaban J connectivity index is 2.34. The zero-order chi connectivity index (χ0) is 13.4. The van der Waals surface area contributed by atoms with Gasteiger partial charge in [-0.05, 0) is 31.5 Å². The molecule has 0 unspecified atom stereocenters. The number of hydrogen-bond donors (Lipinski definition) is 2. The van der Waals surface area contributed by atoms with Gasteiger partial charge in [0.2, 0.25) is 5.91 Å². The Hall–Kier alpha value is -1.49. The number of anilines is 1. The van der Waals surface area contributed by atoms with Crippen molar-refractivity contribution >= 4 is 11.6 Å². The van der Waals surface area contributed by atoms with Gasteiger partial charge in [0.05, 0.1) is 5.69 Å². The van der Waals surface area contributed by atoms with Gasteiger partial charge in [0, 0.05) is 6.42 Å².